The Bertz CT molecular complexity index is 340. The van der Waals surface area contributed by atoms with E-state index in [-0.39, 0.29) is 12.5 Å². The molecule has 0 bridgehead atoms. The smallest absolute Gasteiger partial charge is 0.231 e. The van der Waals surface area contributed by atoms with Crippen molar-refractivity contribution in [1.82, 2.24) is 5.48 Å². The Morgan fingerprint density at radius 2 is 2.14 bits per heavy atom. The molecule has 0 aromatic heterocycles. The molecule has 76 valence electrons. The minimum Gasteiger partial charge on any atom is -0.507 e. The fourth-order valence-electron chi connectivity index (χ4n) is 1.26. The molecule has 1 aliphatic heterocycles. The lowest BCUT2D eigenvalue weighted by Crippen LogP contribution is -2.10. The van der Waals surface area contributed by atoms with Gasteiger partial charge >= 0.3 is 0 Å². The molecule has 0 saturated carbocycles. The molecule has 0 atom stereocenters. The first-order valence-electron chi connectivity index (χ1n) is 4.18. The van der Waals surface area contributed by atoms with Gasteiger partial charge in [-0.1, -0.05) is 0 Å². The molecule has 1 heterocycles. The zero-order valence-corrected chi connectivity index (χ0v) is 7.74. The van der Waals surface area contributed by atoms with Gasteiger partial charge in [-0.15, -0.1) is 0 Å². The molecule has 5 nitrogen and oxygen atoms in total. The fraction of sp³-hybridized carbons (Fsp3) is 0.333. The minimum atomic E-state index is 0.166. The molecule has 14 heavy (non-hydrogen) atoms. The highest BCUT2D eigenvalue weighted by molar-refractivity contribution is 5.51. The average molecular weight is 197 g/mol. The van der Waals surface area contributed by atoms with Crippen molar-refractivity contribution >= 4 is 0 Å². The second-order valence-corrected chi connectivity index (χ2v) is 2.86. The van der Waals surface area contributed by atoms with Crippen LogP contribution in [0.2, 0.25) is 0 Å². The topological polar surface area (TPSA) is 60.0 Å². The summed E-state index contributed by atoms with van der Waals surface area (Å²) in [5.41, 5.74) is 3.34. The van der Waals surface area contributed by atoms with Gasteiger partial charge in [-0.05, 0) is 6.07 Å². The lowest BCUT2D eigenvalue weighted by atomic mass is 10.2. The maximum atomic E-state index is 9.57. The van der Waals surface area contributed by atoms with Crippen molar-refractivity contribution in [3.8, 4) is 17.2 Å². The largest absolute Gasteiger partial charge is 0.507 e. The molecule has 0 saturated heterocycles. The lowest BCUT2D eigenvalue weighted by Gasteiger charge is -2.06. The molecule has 0 aliphatic carbocycles. The first kappa shape index (κ1) is 9.11. The van der Waals surface area contributed by atoms with Crippen LogP contribution in [0.4, 0.5) is 0 Å². The number of nitrogens with one attached hydrogen (secondary N) is 1. The van der Waals surface area contributed by atoms with Gasteiger partial charge in [-0.25, -0.2) is 0 Å². The first-order valence-corrected chi connectivity index (χ1v) is 4.18. The van der Waals surface area contributed by atoms with Crippen LogP contribution in [0.25, 0.3) is 0 Å². The Hall–Kier alpha value is -1.46. The van der Waals surface area contributed by atoms with Crippen LogP contribution in [0.1, 0.15) is 5.56 Å². The van der Waals surface area contributed by atoms with Crippen LogP contribution in [-0.2, 0) is 11.4 Å². The van der Waals surface area contributed by atoms with E-state index in [2.05, 4.69) is 10.3 Å². The Morgan fingerprint density at radius 1 is 1.43 bits per heavy atom. The Labute approximate surface area is 81.2 Å². The fourth-order valence-corrected chi connectivity index (χ4v) is 1.26. The number of benzene rings is 1. The maximum Gasteiger partial charge on any atom is 0.231 e. The van der Waals surface area contributed by atoms with Crippen LogP contribution in [0.5, 0.6) is 17.2 Å². The average Bonchev–Trinajstić information content (AvgIpc) is 2.61. The SMILES string of the molecule is CONCc1cc2c(cc1O)OCO2. The van der Waals surface area contributed by atoms with Crippen molar-refractivity contribution in [1.29, 1.82) is 0 Å². The number of phenolic OH excluding ortho intramolecular Hbond substituents is 1. The highest BCUT2D eigenvalue weighted by Crippen LogP contribution is 2.37. The van der Waals surface area contributed by atoms with E-state index in [1.54, 1.807) is 6.07 Å². The Kier molecular flexibility index (Phi) is 2.43. The van der Waals surface area contributed by atoms with Gasteiger partial charge < -0.3 is 19.4 Å². The van der Waals surface area contributed by atoms with E-state index in [9.17, 15) is 5.11 Å². The van der Waals surface area contributed by atoms with Crippen LogP contribution in [-0.4, -0.2) is 19.0 Å². The number of fused-ring (bicyclic) bond motifs is 1. The van der Waals surface area contributed by atoms with E-state index in [0.29, 0.717) is 23.6 Å². The third-order valence-corrected chi connectivity index (χ3v) is 1.98. The Balaban J connectivity index is 2.23. The van der Waals surface area contributed by atoms with E-state index < -0.39 is 0 Å². The van der Waals surface area contributed by atoms with Crippen molar-refractivity contribution in [2.75, 3.05) is 13.9 Å². The van der Waals surface area contributed by atoms with Gasteiger partial charge in [0.1, 0.15) is 5.75 Å². The quantitative estimate of drug-likeness (QED) is 0.701. The summed E-state index contributed by atoms with van der Waals surface area (Å²) in [6.07, 6.45) is 0. The molecule has 2 N–H and O–H groups in total. The van der Waals surface area contributed by atoms with Crippen molar-refractivity contribution in [3.05, 3.63) is 17.7 Å². The standard InChI is InChI=1S/C9H11NO4/c1-12-10-4-6-2-8-9(3-7(6)11)14-5-13-8/h2-3,10-11H,4-5H2,1H3. The molecular formula is C9H11NO4. The number of rotatable bonds is 3. The highest BCUT2D eigenvalue weighted by atomic mass is 16.7. The predicted octanol–water partition coefficient (Wildman–Crippen LogP) is 0.772. The van der Waals surface area contributed by atoms with E-state index in [1.807, 2.05) is 0 Å². The summed E-state index contributed by atoms with van der Waals surface area (Å²) in [5.74, 6) is 1.39. The van der Waals surface area contributed by atoms with Crippen LogP contribution in [0.15, 0.2) is 12.1 Å². The molecule has 0 amide bonds. The number of hydroxylamine groups is 1. The molecule has 2 rings (SSSR count). The van der Waals surface area contributed by atoms with Gasteiger partial charge in [0, 0.05) is 18.2 Å². The lowest BCUT2D eigenvalue weighted by molar-refractivity contribution is 0.0861. The second-order valence-electron chi connectivity index (χ2n) is 2.86. The third kappa shape index (κ3) is 1.59. The summed E-state index contributed by atoms with van der Waals surface area (Å²) in [6, 6.07) is 3.26. The third-order valence-electron chi connectivity index (χ3n) is 1.98. The van der Waals surface area contributed by atoms with Gasteiger partial charge in [0.05, 0.1) is 7.11 Å². The van der Waals surface area contributed by atoms with Crippen molar-refractivity contribution in [2.45, 2.75) is 6.54 Å². The van der Waals surface area contributed by atoms with Crippen LogP contribution in [0.3, 0.4) is 0 Å². The highest BCUT2D eigenvalue weighted by Gasteiger charge is 2.16. The molecular weight excluding hydrogens is 186 g/mol. The molecule has 0 unspecified atom stereocenters. The minimum absolute atomic E-state index is 0.166. The number of aromatic hydroxyl groups is 1. The van der Waals surface area contributed by atoms with Crippen molar-refractivity contribution in [2.24, 2.45) is 0 Å². The second kappa shape index (κ2) is 3.73. The number of hydrogen-bond donors (Lipinski definition) is 2. The summed E-state index contributed by atoms with van der Waals surface area (Å²) in [6.45, 7) is 0.620. The summed E-state index contributed by atoms with van der Waals surface area (Å²) in [5, 5.41) is 9.57. The van der Waals surface area contributed by atoms with Gasteiger partial charge in [-0.3, -0.25) is 0 Å². The van der Waals surface area contributed by atoms with E-state index in [4.69, 9.17) is 9.47 Å². The summed E-state index contributed by atoms with van der Waals surface area (Å²) in [7, 11) is 1.52. The van der Waals surface area contributed by atoms with Gasteiger partial charge in [0.15, 0.2) is 11.5 Å². The number of phenols is 1. The molecule has 5 heteroatoms. The van der Waals surface area contributed by atoms with Gasteiger partial charge in [0.2, 0.25) is 6.79 Å². The van der Waals surface area contributed by atoms with Crippen molar-refractivity contribution in [3.63, 3.8) is 0 Å². The number of hydrogen-bond acceptors (Lipinski definition) is 5. The molecule has 1 aliphatic rings. The van der Waals surface area contributed by atoms with Crippen LogP contribution in [0, 0.1) is 0 Å². The molecule has 1 aromatic rings. The summed E-state index contributed by atoms with van der Waals surface area (Å²) >= 11 is 0. The van der Waals surface area contributed by atoms with Gasteiger partial charge in [0.25, 0.3) is 0 Å². The van der Waals surface area contributed by atoms with E-state index in [0.717, 1.165) is 0 Å². The number of ether oxygens (including phenoxy) is 2. The molecule has 0 fully saturated rings. The van der Waals surface area contributed by atoms with E-state index >= 15 is 0 Å². The monoisotopic (exact) mass is 197 g/mol. The normalized spacial score (nSPS) is 13.2. The van der Waals surface area contributed by atoms with Crippen LogP contribution < -0.4 is 15.0 Å². The molecule has 1 aromatic carbocycles. The zero-order valence-electron chi connectivity index (χ0n) is 7.74. The van der Waals surface area contributed by atoms with Crippen molar-refractivity contribution < 1.29 is 19.4 Å². The van der Waals surface area contributed by atoms with Gasteiger partial charge in [-0.2, -0.15) is 5.48 Å². The zero-order chi connectivity index (χ0) is 9.97. The molecule has 0 spiro atoms. The summed E-state index contributed by atoms with van der Waals surface area (Å²) in [4.78, 5) is 4.69. The maximum absolute atomic E-state index is 9.57. The Morgan fingerprint density at radius 3 is 2.86 bits per heavy atom. The predicted molar refractivity (Wildman–Crippen MR) is 48.1 cm³/mol. The van der Waals surface area contributed by atoms with Crippen LogP contribution >= 0.6 is 0 Å². The first-order chi connectivity index (χ1) is 6.81. The molecule has 0 radical (unpaired) electrons. The summed E-state index contributed by atoms with van der Waals surface area (Å²) < 4.78 is 10.3. The van der Waals surface area contributed by atoms with E-state index in [1.165, 1.54) is 13.2 Å².